The molecule has 0 atom stereocenters. The first-order chi connectivity index (χ1) is 11.1. The van der Waals surface area contributed by atoms with Gasteiger partial charge in [-0.1, -0.05) is 0 Å². The number of piperazine rings is 1. The number of nitrogens with one attached hydrogen (secondary N) is 1. The average Bonchev–Trinajstić information content (AvgIpc) is 3.04. The highest BCUT2D eigenvalue weighted by atomic mass is 32.1. The molecule has 0 aromatic carbocycles. The Hall–Kier alpha value is -2.26. The van der Waals surface area contributed by atoms with E-state index in [2.05, 4.69) is 14.9 Å². The van der Waals surface area contributed by atoms with E-state index in [1.807, 2.05) is 10.9 Å². The molecular formula is C14H17N5O3S. The maximum Gasteiger partial charge on any atom is 0.328 e. The lowest BCUT2D eigenvalue weighted by Crippen LogP contribution is -2.49. The highest BCUT2D eigenvalue weighted by Crippen LogP contribution is 2.09. The first kappa shape index (κ1) is 15.6. The van der Waals surface area contributed by atoms with Crippen LogP contribution in [0.5, 0.6) is 0 Å². The van der Waals surface area contributed by atoms with Crippen molar-refractivity contribution >= 4 is 17.2 Å². The summed E-state index contributed by atoms with van der Waals surface area (Å²) in [6.45, 7) is 3.56. The number of hydrogen-bond donors (Lipinski definition) is 1. The zero-order valence-electron chi connectivity index (χ0n) is 12.5. The molecule has 0 bridgehead atoms. The Morgan fingerprint density at radius 2 is 2.04 bits per heavy atom. The van der Waals surface area contributed by atoms with E-state index < -0.39 is 11.2 Å². The summed E-state index contributed by atoms with van der Waals surface area (Å²) < 4.78 is 1.21. The van der Waals surface area contributed by atoms with E-state index in [0.717, 1.165) is 25.3 Å². The van der Waals surface area contributed by atoms with Gasteiger partial charge in [-0.3, -0.25) is 24.0 Å². The Morgan fingerprint density at radius 3 is 2.70 bits per heavy atom. The van der Waals surface area contributed by atoms with Crippen molar-refractivity contribution in [3.05, 3.63) is 49.7 Å². The summed E-state index contributed by atoms with van der Waals surface area (Å²) in [4.78, 5) is 45.3. The second-order valence-electron chi connectivity index (χ2n) is 5.37. The van der Waals surface area contributed by atoms with E-state index in [1.54, 1.807) is 16.2 Å². The van der Waals surface area contributed by atoms with E-state index in [9.17, 15) is 14.4 Å². The molecule has 1 amide bonds. The van der Waals surface area contributed by atoms with Crippen molar-refractivity contribution in [2.24, 2.45) is 0 Å². The topological polar surface area (TPSA) is 91.3 Å². The van der Waals surface area contributed by atoms with Crippen molar-refractivity contribution in [3.63, 3.8) is 0 Å². The van der Waals surface area contributed by atoms with Gasteiger partial charge in [0.15, 0.2) is 0 Å². The van der Waals surface area contributed by atoms with Gasteiger partial charge in [0, 0.05) is 50.4 Å². The maximum atomic E-state index is 12.3. The first-order valence-corrected chi connectivity index (χ1v) is 8.23. The number of rotatable bonds is 4. The van der Waals surface area contributed by atoms with Gasteiger partial charge in [0.05, 0.1) is 11.2 Å². The summed E-state index contributed by atoms with van der Waals surface area (Å²) in [5.74, 6) is -0.118. The fourth-order valence-electron chi connectivity index (χ4n) is 2.51. The molecule has 122 valence electrons. The smallest absolute Gasteiger partial charge is 0.328 e. The standard InChI is InChI=1S/C14H17N5O3S/c20-12-1-2-19(14(22)16-12)8-13(21)18-5-3-17(4-6-18)7-11-9-23-10-15-11/h1-2,9-10H,3-8H2,(H,16,20,22). The van der Waals surface area contributed by atoms with Crippen molar-refractivity contribution in [1.29, 1.82) is 0 Å². The second kappa shape index (κ2) is 6.88. The summed E-state index contributed by atoms with van der Waals surface area (Å²) in [5, 5.41) is 2.03. The Bertz CT molecular complexity index is 774. The predicted octanol–water partition coefficient (Wildman–Crippen LogP) is -0.662. The van der Waals surface area contributed by atoms with E-state index in [-0.39, 0.29) is 12.5 Å². The minimum Gasteiger partial charge on any atom is -0.339 e. The third-order valence-electron chi connectivity index (χ3n) is 3.80. The largest absolute Gasteiger partial charge is 0.339 e. The molecule has 2 aromatic rings. The Kier molecular flexibility index (Phi) is 4.68. The number of H-pyrrole nitrogens is 1. The summed E-state index contributed by atoms with van der Waals surface area (Å²) >= 11 is 1.58. The van der Waals surface area contributed by atoms with Gasteiger partial charge in [-0.2, -0.15) is 0 Å². The molecule has 1 N–H and O–H groups in total. The number of nitrogens with zero attached hydrogens (tertiary/aromatic N) is 4. The van der Waals surface area contributed by atoms with Crippen LogP contribution in [0.1, 0.15) is 5.69 Å². The fraction of sp³-hybridized carbons (Fsp3) is 0.429. The molecule has 3 heterocycles. The zero-order chi connectivity index (χ0) is 16.2. The molecule has 1 aliphatic rings. The van der Waals surface area contributed by atoms with Crippen LogP contribution in [0.4, 0.5) is 0 Å². The predicted molar refractivity (Wildman–Crippen MR) is 85.3 cm³/mol. The van der Waals surface area contributed by atoms with Crippen molar-refractivity contribution in [1.82, 2.24) is 24.3 Å². The molecule has 23 heavy (non-hydrogen) atoms. The van der Waals surface area contributed by atoms with Crippen LogP contribution in [0.2, 0.25) is 0 Å². The number of aromatic amines is 1. The number of amides is 1. The number of thiazole rings is 1. The fourth-order valence-corrected chi connectivity index (χ4v) is 3.06. The maximum absolute atomic E-state index is 12.3. The lowest BCUT2D eigenvalue weighted by molar-refractivity contribution is -0.133. The molecule has 8 nitrogen and oxygen atoms in total. The van der Waals surface area contributed by atoms with Crippen LogP contribution in [0.15, 0.2) is 32.7 Å². The van der Waals surface area contributed by atoms with Gasteiger partial charge < -0.3 is 4.90 Å². The molecule has 9 heteroatoms. The third kappa shape index (κ3) is 3.93. The normalized spacial score (nSPS) is 15.7. The molecule has 0 spiro atoms. The Balaban J connectivity index is 1.53. The number of aromatic nitrogens is 3. The molecule has 2 aromatic heterocycles. The first-order valence-electron chi connectivity index (χ1n) is 7.29. The van der Waals surface area contributed by atoms with Crippen LogP contribution in [-0.4, -0.2) is 56.4 Å². The third-order valence-corrected chi connectivity index (χ3v) is 4.43. The van der Waals surface area contributed by atoms with Crippen molar-refractivity contribution in [2.45, 2.75) is 13.1 Å². The highest BCUT2D eigenvalue weighted by Gasteiger charge is 2.21. The van der Waals surface area contributed by atoms with Crippen LogP contribution in [0, 0.1) is 0 Å². The quantitative estimate of drug-likeness (QED) is 0.801. The van der Waals surface area contributed by atoms with Gasteiger partial charge in [-0.15, -0.1) is 11.3 Å². The summed E-state index contributed by atoms with van der Waals surface area (Å²) in [7, 11) is 0. The highest BCUT2D eigenvalue weighted by molar-refractivity contribution is 7.07. The van der Waals surface area contributed by atoms with Crippen LogP contribution >= 0.6 is 11.3 Å². The average molecular weight is 335 g/mol. The van der Waals surface area contributed by atoms with Gasteiger partial charge in [0.25, 0.3) is 5.56 Å². The minimum absolute atomic E-state index is 0.0539. The van der Waals surface area contributed by atoms with Crippen LogP contribution in [0.3, 0.4) is 0 Å². The lowest BCUT2D eigenvalue weighted by atomic mass is 10.3. The van der Waals surface area contributed by atoms with E-state index >= 15 is 0 Å². The SMILES string of the molecule is O=C(Cn1ccc(=O)[nH]c1=O)N1CCN(Cc2cscn2)CC1. The van der Waals surface area contributed by atoms with Gasteiger partial charge in [-0.05, 0) is 0 Å². The Morgan fingerprint density at radius 1 is 1.26 bits per heavy atom. The molecular weight excluding hydrogens is 318 g/mol. The summed E-state index contributed by atoms with van der Waals surface area (Å²) in [6.07, 6.45) is 1.34. The van der Waals surface area contributed by atoms with Crippen LogP contribution in [0.25, 0.3) is 0 Å². The number of carbonyl (C=O) groups excluding carboxylic acids is 1. The van der Waals surface area contributed by atoms with Crippen molar-refractivity contribution < 1.29 is 4.79 Å². The number of hydrogen-bond acceptors (Lipinski definition) is 6. The van der Waals surface area contributed by atoms with E-state index in [4.69, 9.17) is 0 Å². The van der Waals surface area contributed by atoms with Gasteiger partial charge >= 0.3 is 5.69 Å². The van der Waals surface area contributed by atoms with E-state index in [1.165, 1.54) is 16.8 Å². The monoisotopic (exact) mass is 335 g/mol. The molecule has 0 aliphatic carbocycles. The Labute approximate surface area is 136 Å². The van der Waals surface area contributed by atoms with Crippen molar-refractivity contribution in [3.8, 4) is 0 Å². The summed E-state index contributed by atoms with van der Waals surface area (Å²) in [6, 6.07) is 1.24. The zero-order valence-corrected chi connectivity index (χ0v) is 13.3. The minimum atomic E-state index is -0.562. The van der Waals surface area contributed by atoms with Gasteiger partial charge in [0.1, 0.15) is 6.54 Å². The molecule has 0 saturated carbocycles. The second-order valence-corrected chi connectivity index (χ2v) is 6.09. The summed E-state index contributed by atoms with van der Waals surface area (Å²) in [5.41, 5.74) is 1.84. The van der Waals surface area contributed by atoms with Gasteiger partial charge in [-0.25, -0.2) is 9.78 Å². The molecule has 0 unspecified atom stereocenters. The number of carbonyl (C=O) groups is 1. The van der Waals surface area contributed by atoms with Crippen molar-refractivity contribution in [2.75, 3.05) is 26.2 Å². The van der Waals surface area contributed by atoms with Crippen LogP contribution in [-0.2, 0) is 17.9 Å². The molecule has 3 rings (SSSR count). The molecule has 1 aliphatic heterocycles. The van der Waals surface area contributed by atoms with E-state index in [0.29, 0.717) is 13.1 Å². The van der Waals surface area contributed by atoms with Gasteiger partial charge in [0.2, 0.25) is 5.91 Å². The molecule has 0 radical (unpaired) electrons. The molecule has 1 fully saturated rings. The lowest BCUT2D eigenvalue weighted by Gasteiger charge is -2.34. The molecule has 1 saturated heterocycles. The van der Waals surface area contributed by atoms with Crippen LogP contribution < -0.4 is 11.2 Å².